The number of nitrogen functional groups attached to an aromatic ring is 1. The highest BCUT2D eigenvalue weighted by molar-refractivity contribution is 6.15. The van der Waals surface area contributed by atoms with E-state index < -0.39 is 4.92 Å². The van der Waals surface area contributed by atoms with E-state index >= 15 is 0 Å². The Labute approximate surface area is 312 Å². The van der Waals surface area contributed by atoms with Crippen molar-refractivity contribution < 1.29 is 4.92 Å². The molecule has 6 aromatic carbocycles. The predicted octanol–water partition coefficient (Wildman–Crippen LogP) is 10.9. The first kappa shape index (κ1) is 33.5. The SMILES string of the molecule is Cc1ccc(-n2c(-c3ccc(C#N)cc3)c(-c3ccc([N+](=O)[O-])cc3)c3c2c(-c2ccc(N)cc2)c(-c2ccc(C#N)cc2)n3-c2ccc(C)cc2)cc1. The monoisotopic (exact) mass is 700 g/mol. The van der Waals surface area contributed by atoms with Gasteiger partial charge in [-0.2, -0.15) is 10.5 Å². The van der Waals surface area contributed by atoms with Gasteiger partial charge in [0.15, 0.2) is 0 Å². The number of aryl methyl sites for hydroxylation is 2. The van der Waals surface area contributed by atoms with Crippen molar-refractivity contribution in [3.8, 4) is 68.3 Å². The van der Waals surface area contributed by atoms with E-state index in [9.17, 15) is 20.6 Å². The van der Waals surface area contributed by atoms with Gasteiger partial charge in [0.1, 0.15) is 0 Å². The van der Waals surface area contributed by atoms with E-state index in [1.54, 1.807) is 12.1 Å². The zero-order valence-electron chi connectivity index (χ0n) is 29.5. The molecule has 0 fully saturated rings. The minimum Gasteiger partial charge on any atom is -0.399 e. The van der Waals surface area contributed by atoms with Gasteiger partial charge in [-0.1, -0.05) is 71.8 Å². The second-order valence-electron chi connectivity index (χ2n) is 13.3. The highest BCUT2D eigenvalue weighted by Gasteiger charge is 2.32. The number of nitrogens with two attached hydrogens (primary N) is 1. The van der Waals surface area contributed by atoms with E-state index in [0.29, 0.717) is 16.8 Å². The molecule has 0 atom stereocenters. The first-order chi connectivity index (χ1) is 26.2. The average Bonchev–Trinajstić information content (AvgIpc) is 3.72. The van der Waals surface area contributed by atoms with E-state index in [-0.39, 0.29) is 5.69 Å². The summed E-state index contributed by atoms with van der Waals surface area (Å²) in [5, 5.41) is 31.3. The number of benzene rings is 6. The molecule has 8 heteroatoms. The smallest absolute Gasteiger partial charge is 0.269 e. The molecule has 2 aromatic heterocycles. The number of nitro groups is 1. The Bertz CT molecular complexity index is 2740. The van der Waals surface area contributed by atoms with E-state index in [0.717, 1.165) is 78.3 Å². The number of nitro benzene ring substituents is 1. The number of hydrogen-bond donors (Lipinski definition) is 1. The van der Waals surface area contributed by atoms with Gasteiger partial charge < -0.3 is 14.9 Å². The average molecular weight is 701 g/mol. The molecule has 0 radical (unpaired) electrons. The first-order valence-electron chi connectivity index (χ1n) is 17.3. The third-order valence-corrected chi connectivity index (χ3v) is 9.79. The van der Waals surface area contributed by atoms with Gasteiger partial charge in [-0.05, 0) is 109 Å². The van der Waals surface area contributed by atoms with Gasteiger partial charge in [-0.3, -0.25) is 10.1 Å². The van der Waals surface area contributed by atoms with Crippen LogP contribution >= 0.6 is 0 Å². The number of anilines is 1. The summed E-state index contributed by atoms with van der Waals surface area (Å²) in [6, 6.07) is 50.8. The van der Waals surface area contributed by atoms with Crippen molar-refractivity contribution >= 4 is 22.4 Å². The van der Waals surface area contributed by atoms with E-state index in [4.69, 9.17) is 5.73 Å². The standard InChI is InChI=1S/C46H32N6O2/c1-29-3-21-38(22-4-29)50-43(35-11-7-31(27-47)8-12-35)41(33-15-19-37(49)20-16-33)45-46(50)42(34-17-25-40(26-18-34)52(53)54)44(36-13-9-32(28-48)10-14-36)51(45)39-23-5-30(2)6-24-39/h3-26H,49H2,1-2H3. The van der Waals surface area contributed by atoms with Gasteiger partial charge in [0.05, 0.1) is 50.6 Å². The minimum absolute atomic E-state index is 0.0114. The molecule has 0 unspecified atom stereocenters. The fourth-order valence-electron chi connectivity index (χ4n) is 7.15. The first-order valence-corrected chi connectivity index (χ1v) is 17.3. The molecule has 2 heterocycles. The maximum Gasteiger partial charge on any atom is 0.269 e. The van der Waals surface area contributed by atoms with Crippen LogP contribution in [0.1, 0.15) is 22.3 Å². The van der Waals surface area contributed by atoms with E-state index in [2.05, 4.69) is 83.7 Å². The zero-order chi connectivity index (χ0) is 37.5. The number of nitriles is 2. The van der Waals surface area contributed by atoms with Crippen LogP contribution in [0.25, 0.3) is 67.2 Å². The topological polar surface area (TPSA) is 127 Å². The Morgan fingerprint density at radius 2 is 0.870 bits per heavy atom. The van der Waals surface area contributed by atoms with Crippen LogP contribution in [0.3, 0.4) is 0 Å². The molecule has 0 saturated carbocycles. The number of fused-ring (bicyclic) bond motifs is 1. The van der Waals surface area contributed by atoms with Crippen LogP contribution in [-0.4, -0.2) is 14.1 Å². The van der Waals surface area contributed by atoms with Crippen molar-refractivity contribution in [1.29, 1.82) is 10.5 Å². The molecule has 0 aliphatic rings. The summed E-state index contributed by atoms with van der Waals surface area (Å²) in [6.45, 7) is 4.10. The van der Waals surface area contributed by atoms with Crippen molar-refractivity contribution in [2.75, 3.05) is 5.73 Å². The Balaban J connectivity index is 1.67. The lowest BCUT2D eigenvalue weighted by Gasteiger charge is -2.18. The molecule has 8 nitrogen and oxygen atoms in total. The van der Waals surface area contributed by atoms with E-state index in [1.807, 2.05) is 72.8 Å². The van der Waals surface area contributed by atoms with Crippen LogP contribution in [0.15, 0.2) is 146 Å². The number of hydrogen-bond acceptors (Lipinski definition) is 5. The summed E-state index contributed by atoms with van der Waals surface area (Å²) in [7, 11) is 0. The van der Waals surface area contributed by atoms with Crippen LogP contribution in [0, 0.1) is 46.6 Å². The highest BCUT2D eigenvalue weighted by Crippen LogP contribution is 2.52. The normalized spacial score (nSPS) is 11.0. The van der Waals surface area contributed by atoms with Gasteiger partial charge in [0, 0.05) is 40.3 Å². The Hall–Kier alpha value is -7.68. The summed E-state index contributed by atoms with van der Waals surface area (Å²) in [6.07, 6.45) is 0. The predicted molar refractivity (Wildman–Crippen MR) is 214 cm³/mol. The zero-order valence-corrected chi connectivity index (χ0v) is 29.5. The van der Waals surface area contributed by atoms with Gasteiger partial charge in [0.2, 0.25) is 0 Å². The van der Waals surface area contributed by atoms with Gasteiger partial charge in [0.25, 0.3) is 5.69 Å². The highest BCUT2D eigenvalue weighted by atomic mass is 16.6. The molecule has 0 aliphatic carbocycles. The Morgan fingerprint density at radius 1 is 0.519 bits per heavy atom. The molecule has 0 aliphatic heterocycles. The van der Waals surface area contributed by atoms with Gasteiger partial charge >= 0.3 is 0 Å². The Morgan fingerprint density at radius 3 is 1.22 bits per heavy atom. The molecular formula is C46H32N6O2. The molecule has 0 amide bonds. The van der Waals surface area contributed by atoms with Gasteiger partial charge in [-0.15, -0.1) is 0 Å². The Kier molecular flexibility index (Phi) is 8.34. The summed E-state index contributed by atoms with van der Waals surface area (Å²) in [5.74, 6) is 0. The molecule has 8 rings (SSSR count). The van der Waals surface area contributed by atoms with Crippen LogP contribution in [0.4, 0.5) is 11.4 Å². The van der Waals surface area contributed by atoms with E-state index in [1.165, 1.54) is 12.1 Å². The van der Waals surface area contributed by atoms with Crippen molar-refractivity contribution in [2.45, 2.75) is 13.8 Å². The molecular weight excluding hydrogens is 669 g/mol. The summed E-state index contributed by atoms with van der Waals surface area (Å²) in [5.41, 5.74) is 20.7. The summed E-state index contributed by atoms with van der Waals surface area (Å²) < 4.78 is 4.52. The van der Waals surface area contributed by atoms with Crippen LogP contribution in [0.5, 0.6) is 0 Å². The maximum atomic E-state index is 11.9. The fourth-order valence-corrected chi connectivity index (χ4v) is 7.15. The second kappa shape index (κ2) is 13.5. The molecule has 0 bridgehead atoms. The van der Waals surface area contributed by atoms with Crippen molar-refractivity contribution in [1.82, 2.24) is 9.13 Å². The maximum absolute atomic E-state index is 11.9. The third kappa shape index (κ3) is 5.75. The van der Waals surface area contributed by atoms with Crippen LogP contribution in [0.2, 0.25) is 0 Å². The quantitative estimate of drug-likeness (QED) is 0.101. The van der Waals surface area contributed by atoms with Crippen molar-refractivity contribution in [3.63, 3.8) is 0 Å². The molecule has 0 saturated heterocycles. The van der Waals surface area contributed by atoms with Crippen molar-refractivity contribution in [2.24, 2.45) is 0 Å². The summed E-state index contributed by atoms with van der Waals surface area (Å²) in [4.78, 5) is 11.5. The summed E-state index contributed by atoms with van der Waals surface area (Å²) >= 11 is 0. The number of nitrogens with zero attached hydrogens (tertiary/aromatic N) is 5. The molecule has 0 spiro atoms. The lowest BCUT2D eigenvalue weighted by atomic mass is 9.99. The van der Waals surface area contributed by atoms with Crippen LogP contribution < -0.4 is 5.73 Å². The lowest BCUT2D eigenvalue weighted by molar-refractivity contribution is -0.384. The van der Waals surface area contributed by atoms with Crippen molar-refractivity contribution in [3.05, 3.63) is 178 Å². The number of aromatic nitrogens is 2. The molecule has 258 valence electrons. The lowest BCUT2D eigenvalue weighted by Crippen LogP contribution is -2.01. The third-order valence-electron chi connectivity index (χ3n) is 9.79. The molecule has 2 N–H and O–H groups in total. The molecule has 8 aromatic rings. The minimum atomic E-state index is -0.393. The fraction of sp³-hybridized carbons (Fsp3) is 0.0435. The number of non-ortho nitro benzene ring substituents is 1. The second-order valence-corrected chi connectivity index (χ2v) is 13.3. The number of rotatable bonds is 7. The largest absolute Gasteiger partial charge is 0.399 e. The molecule has 54 heavy (non-hydrogen) atoms. The van der Waals surface area contributed by atoms with Crippen LogP contribution in [-0.2, 0) is 0 Å². The van der Waals surface area contributed by atoms with Gasteiger partial charge in [-0.25, -0.2) is 0 Å².